The molecule has 1 aromatic heterocycles. The van der Waals surface area contributed by atoms with Gasteiger partial charge in [0.1, 0.15) is 0 Å². The summed E-state index contributed by atoms with van der Waals surface area (Å²) >= 11 is 11.1. The molecule has 0 radical (unpaired) electrons. The van der Waals surface area contributed by atoms with E-state index in [1.165, 1.54) is 0 Å². The summed E-state index contributed by atoms with van der Waals surface area (Å²) in [6, 6.07) is 15.7. The minimum atomic E-state index is 0.713. The number of rotatable bonds is 4. The minimum Gasteiger partial charge on any atom is -0.258 e. The van der Waals surface area contributed by atoms with Crippen LogP contribution in [0.3, 0.4) is 0 Å². The van der Waals surface area contributed by atoms with Crippen molar-refractivity contribution >= 4 is 45.1 Å². The lowest BCUT2D eigenvalue weighted by atomic mass is 10.2. The molecule has 0 aliphatic rings. The lowest BCUT2D eigenvalue weighted by Crippen LogP contribution is -2.12. The molecule has 2 aromatic carbocycles. The van der Waals surface area contributed by atoms with Gasteiger partial charge in [0, 0.05) is 32.5 Å². The van der Waals surface area contributed by atoms with Crippen molar-refractivity contribution in [2.24, 2.45) is 10.1 Å². The molecular weight excluding hydrogens is 406 g/mol. The molecule has 0 amide bonds. The predicted molar refractivity (Wildman–Crippen MR) is 106 cm³/mol. The summed E-state index contributed by atoms with van der Waals surface area (Å²) in [7, 11) is 0. The van der Waals surface area contributed by atoms with Crippen molar-refractivity contribution in [3.63, 3.8) is 0 Å². The normalized spacial score (nSPS) is 12.2. The van der Waals surface area contributed by atoms with E-state index >= 15 is 0 Å². The second-order valence-corrected chi connectivity index (χ2v) is 7.09. The van der Waals surface area contributed by atoms with Crippen LogP contribution in [0.2, 0.25) is 5.02 Å². The third-order valence-corrected chi connectivity index (χ3v) is 5.16. The average Bonchev–Trinajstić information content (AvgIpc) is 2.98. The van der Waals surface area contributed by atoms with Gasteiger partial charge in [-0.05, 0) is 25.1 Å². The second-order valence-electron chi connectivity index (χ2n) is 4.96. The fraction of sp³-hybridized carbons (Fsp3) is 0.111. The van der Waals surface area contributed by atoms with Crippen molar-refractivity contribution < 1.29 is 0 Å². The van der Waals surface area contributed by atoms with Crippen LogP contribution in [0.5, 0.6) is 0 Å². The van der Waals surface area contributed by atoms with Gasteiger partial charge in [-0.3, -0.25) is 4.99 Å². The summed E-state index contributed by atoms with van der Waals surface area (Å²) < 4.78 is 2.88. The highest BCUT2D eigenvalue weighted by molar-refractivity contribution is 9.10. The lowest BCUT2D eigenvalue weighted by molar-refractivity contribution is 0.833. The smallest absolute Gasteiger partial charge is 0.206 e. The Labute approximate surface area is 158 Å². The fourth-order valence-corrected chi connectivity index (χ4v) is 3.59. The van der Waals surface area contributed by atoms with Gasteiger partial charge >= 0.3 is 0 Å². The van der Waals surface area contributed by atoms with Crippen molar-refractivity contribution in [2.75, 3.05) is 6.54 Å². The first-order valence-corrected chi connectivity index (χ1v) is 9.50. The van der Waals surface area contributed by atoms with Crippen LogP contribution in [-0.4, -0.2) is 17.4 Å². The van der Waals surface area contributed by atoms with Gasteiger partial charge in [-0.15, -0.1) is 11.3 Å². The maximum Gasteiger partial charge on any atom is 0.206 e. The predicted octanol–water partition coefficient (Wildman–Crippen LogP) is 5.44. The average molecular weight is 421 g/mol. The number of thiazole rings is 1. The van der Waals surface area contributed by atoms with Gasteiger partial charge in [0.05, 0.1) is 11.9 Å². The van der Waals surface area contributed by atoms with Crippen LogP contribution in [-0.2, 0) is 0 Å². The van der Waals surface area contributed by atoms with E-state index < -0.39 is 0 Å². The van der Waals surface area contributed by atoms with Crippen molar-refractivity contribution in [2.45, 2.75) is 6.92 Å². The van der Waals surface area contributed by atoms with Crippen LogP contribution in [0, 0.1) is 0 Å². The third-order valence-electron chi connectivity index (χ3n) is 3.34. The first kappa shape index (κ1) is 17.1. The number of halogens is 2. The molecule has 3 nitrogen and oxygen atoms in total. The van der Waals surface area contributed by atoms with Crippen LogP contribution in [0.25, 0.3) is 11.3 Å². The van der Waals surface area contributed by atoms with Gasteiger partial charge in [-0.2, -0.15) is 5.10 Å². The fourth-order valence-electron chi connectivity index (χ4n) is 2.17. The molecular formula is C18H15BrClN3S. The van der Waals surface area contributed by atoms with Gasteiger partial charge in [0.15, 0.2) is 0 Å². The zero-order valence-electron chi connectivity index (χ0n) is 13.0. The van der Waals surface area contributed by atoms with Crippen molar-refractivity contribution in [3.05, 3.63) is 73.8 Å². The topological polar surface area (TPSA) is 29.6 Å². The molecule has 0 saturated heterocycles. The van der Waals surface area contributed by atoms with E-state index in [4.69, 9.17) is 11.6 Å². The molecule has 0 saturated carbocycles. The van der Waals surface area contributed by atoms with Gasteiger partial charge in [-0.1, -0.05) is 57.9 Å². The van der Waals surface area contributed by atoms with E-state index in [2.05, 4.69) is 31.4 Å². The molecule has 3 aromatic rings. The number of hydrogen-bond donors (Lipinski definition) is 0. The highest BCUT2D eigenvalue weighted by Gasteiger charge is 2.07. The van der Waals surface area contributed by atoms with E-state index in [1.54, 1.807) is 11.3 Å². The van der Waals surface area contributed by atoms with Crippen LogP contribution in [0.15, 0.2) is 68.5 Å². The van der Waals surface area contributed by atoms with Crippen LogP contribution in [0.4, 0.5) is 0 Å². The molecule has 0 spiro atoms. The molecule has 6 heteroatoms. The molecule has 24 heavy (non-hydrogen) atoms. The van der Waals surface area contributed by atoms with Crippen LogP contribution >= 0.6 is 38.9 Å². The summed E-state index contributed by atoms with van der Waals surface area (Å²) in [5, 5.41) is 7.44. The highest BCUT2D eigenvalue weighted by Crippen LogP contribution is 2.22. The Morgan fingerprint density at radius 2 is 1.92 bits per heavy atom. The Morgan fingerprint density at radius 1 is 1.17 bits per heavy atom. The summed E-state index contributed by atoms with van der Waals surface area (Å²) in [4.78, 5) is 5.40. The molecule has 3 rings (SSSR count). The van der Waals surface area contributed by atoms with E-state index in [1.807, 2.05) is 66.3 Å². The molecule has 0 aliphatic heterocycles. The Hall–Kier alpha value is -1.69. The van der Waals surface area contributed by atoms with Gasteiger partial charge < -0.3 is 0 Å². The standard InChI is InChI=1S/C18H15BrClN3S/c1-2-21-18-23(22-11-14-5-3-4-6-16(14)19)17(12-24-18)13-7-9-15(20)10-8-13/h3-12H,2H2,1H3. The van der Waals surface area contributed by atoms with E-state index in [0.29, 0.717) is 6.54 Å². The zero-order valence-corrected chi connectivity index (χ0v) is 16.1. The summed E-state index contributed by atoms with van der Waals surface area (Å²) in [6.07, 6.45) is 1.84. The summed E-state index contributed by atoms with van der Waals surface area (Å²) in [6.45, 7) is 2.73. The Balaban J connectivity index is 2.08. The monoisotopic (exact) mass is 419 g/mol. The number of nitrogens with zero attached hydrogens (tertiary/aromatic N) is 3. The summed E-state index contributed by atoms with van der Waals surface area (Å²) in [5.74, 6) is 0. The van der Waals surface area contributed by atoms with E-state index in [-0.39, 0.29) is 0 Å². The van der Waals surface area contributed by atoms with E-state index in [9.17, 15) is 0 Å². The van der Waals surface area contributed by atoms with Gasteiger partial charge in [-0.25, -0.2) is 4.68 Å². The lowest BCUT2D eigenvalue weighted by Gasteiger charge is -2.04. The highest BCUT2D eigenvalue weighted by atomic mass is 79.9. The Morgan fingerprint density at radius 3 is 2.62 bits per heavy atom. The number of aromatic nitrogens is 1. The SMILES string of the molecule is CCN=c1scc(-c2ccc(Cl)cc2)n1N=Cc1ccccc1Br. The molecule has 0 unspecified atom stereocenters. The van der Waals surface area contributed by atoms with Gasteiger partial charge in [0.25, 0.3) is 0 Å². The third kappa shape index (κ3) is 3.86. The molecule has 0 bridgehead atoms. The Kier molecular flexibility index (Phi) is 5.66. The quantitative estimate of drug-likeness (QED) is 0.503. The Bertz CT molecular complexity index is 926. The maximum absolute atomic E-state index is 5.99. The molecule has 122 valence electrons. The van der Waals surface area contributed by atoms with Crippen LogP contribution < -0.4 is 4.80 Å². The van der Waals surface area contributed by atoms with Crippen LogP contribution in [0.1, 0.15) is 12.5 Å². The van der Waals surface area contributed by atoms with Gasteiger partial charge in [0.2, 0.25) is 4.80 Å². The second kappa shape index (κ2) is 7.92. The summed E-state index contributed by atoms with van der Waals surface area (Å²) in [5.41, 5.74) is 3.06. The zero-order chi connectivity index (χ0) is 16.9. The first-order valence-electron chi connectivity index (χ1n) is 7.45. The molecule has 0 aliphatic carbocycles. The molecule has 0 N–H and O–H groups in total. The van der Waals surface area contributed by atoms with Crippen molar-refractivity contribution in [3.8, 4) is 11.3 Å². The molecule has 0 fully saturated rings. The number of hydrogen-bond acceptors (Lipinski definition) is 3. The minimum absolute atomic E-state index is 0.713. The number of benzene rings is 2. The van der Waals surface area contributed by atoms with Crippen molar-refractivity contribution in [1.29, 1.82) is 0 Å². The maximum atomic E-state index is 5.99. The van der Waals surface area contributed by atoms with Crippen molar-refractivity contribution in [1.82, 2.24) is 4.68 Å². The largest absolute Gasteiger partial charge is 0.258 e. The first-order chi connectivity index (χ1) is 11.7. The molecule has 1 heterocycles. The molecule has 0 atom stereocenters. The van der Waals surface area contributed by atoms with E-state index in [0.717, 1.165) is 31.1 Å².